The van der Waals surface area contributed by atoms with Gasteiger partial charge in [-0.15, -0.1) is 0 Å². The summed E-state index contributed by atoms with van der Waals surface area (Å²) in [5, 5.41) is 13.0. The zero-order valence-corrected chi connectivity index (χ0v) is 10.3. The van der Waals surface area contributed by atoms with E-state index in [0.717, 1.165) is 11.3 Å². The van der Waals surface area contributed by atoms with Crippen molar-refractivity contribution in [1.82, 2.24) is 5.32 Å². The number of hydrogen-bond acceptors (Lipinski definition) is 4. The van der Waals surface area contributed by atoms with Gasteiger partial charge in [-0.2, -0.15) is 0 Å². The molecule has 4 nitrogen and oxygen atoms in total. The summed E-state index contributed by atoms with van der Waals surface area (Å²) < 4.78 is 5.24. The number of hydrogen-bond donors (Lipinski definition) is 3. The highest BCUT2D eigenvalue weighted by molar-refractivity contribution is 5.35. The predicted octanol–water partition coefficient (Wildman–Crippen LogP) is 2.16. The molecule has 2 atom stereocenters. The monoisotopic (exact) mass is 246 g/mol. The van der Waals surface area contributed by atoms with Crippen LogP contribution in [0.5, 0.6) is 5.75 Å². The van der Waals surface area contributed by atoms with Crippen molar-refractivity contribution in [3.8, 4) is 5.75 Å². The van der Waals surface area contributed by atoms with Crippen LogP contribution in [0.25, 0.3) is 0 Å². The second kappa shape index (κ2) is 5.71. The Balaban J connectivity index is 1.96. The molecule has 0 radical (unpaired) electrons. The molecule has 4 N–H and O–H groups in total. The molecule has 1 aromatic carbocycles. The first kappa shape index (κ1) is 12.7. The molecule has 2 rings (SSSR count). The number of rotatable bonds is 5. The standard InChI is InChI=1S/C14H18N2O2/c1-10(16-9-11-5-4-8-18-11)14(15)12-6-2-3-7-13(12)17/h2-8,10,14,16-17H,9,15H2,1H3. The van der Waals surface area contributed by atoms with E-state index in [1.165, 1.54) is 0 Å². The van der Waals surface area contributed by atoms with Gasteiger partial charge in [0, 0.05) is 17.6 Å². The third-order valence-electron chi connectivity index (χ3n) is 3.01. The normalized spacial score (nSPS) is 14.3. The Bertz CT molecular complexity index is 482. The van der Waals surface area contributed by atoms with Crippen molar-refractivity contribution in [3.63, 3.8) is 0 Å². The van der Waals surface area contributed by atoms with E-state index in [4.69, 9.17) is 10.2 Å². The summed E-state index contributed by atoms with van der Waals surface area (Å²) in [6.45, 7) is 2.61. The maximum atomic E-state index is 9.76. The van der Waals surface area contributed by atoms with E-state index in [0.29, 0.717) is 6.54 Å². The van der Waals surface area contributed by atoms with Crippen LogP contribution in [-0.2, 0) is 6.54 Å². The van der Waals surface area contributed by atoms with E-state index < -0.39 is 0 Å². The molecule has 0 aliphatic rings. The van der Waals surface area contributed by atoms with E-state index >= 15 is 0 Å². The third-order valence-corrected chi connectivity index (χ3v) is 3.01. The molecule has 0 spiro atoms. The van der Waals surface area contributed by atoms with Gasteiger partial charge in [0.2, 0.25) is 0 Å². The van der Waals surface area contributed by atoms with Crippen LogP contribution in [0.15, 0.2) is 47.1 Å². The minimum absolute atomic E-state index is 0.0309. The molecule has 0 amide bonds. The van der Waals surface area contributed by atoms with Crippen molar-refractivity contribution in [2.45, 2.75) is 25.6 Å². The van der Waals surface area contributed by atoms with Gasteiger partial charge in [0.05, 0.1) is 12.8 Å². The Morgan fingerprint density at radius 2 is 2.06 bits per heavy atom. The summed E-state index contributed by atoms with van der Waals surface area (Å²) in [7, 11) is 0. The average Bonchev–Trinajstić information content (AvgIpc) is 2.89. The molecule has 0 saturated carbocycles. The van der Waals surface area contributed by atoms with Crippen molar-refractivity contribution in [1.29, 1.82) is 0 Å². The molecule has 0 saturated heterocycles. The second-order valence-electron chi connectivity index (χ2n) is 4.33. The highest BCUT2D eigenvalue weighted by Crippen LogP contribution is 2.24. The van der Waals surface area contributed by atoms with Crippen LogP contribution < -0.4 is 11.1 Å². The number of furan rings is 1. The van der Waals surface area contributed by atoms with Gasteiger partial charge in [-0.05, 0) is 25.1 Å². The topological polar surface area (TPSA) is 71.4 Å². The van der Waals surface area contributed by atoms with Crippen molar-refractivity contribution < 1.29 is 9.52 Å². The molecule has 1 heterocycles. The Kier molecular flexibility index (Phi) is 4.02. The zero-order valence-electron chi connectivity index (χ0n) is 10.3. The van der Waals surface area contributed by atoms with Crippen LogP contribution in [0.3, 0.4) is 0 Å². The lowest BCUT2D eigenvalue weighted by Crippen LogP contribution is -2.36. The van der Waals surface area contributed by atoms with Gasteiger partial charge in [0.15, 0.2) is 0 Å². The predicted molar refractivity (Wildman–Crippen MR) is 70.0 cm³/mol. The van der Waals surface area contributed by atoms with E-state index in [1.54, 1.807) is 18.4 Å². The van der Waals surface area contributed by atoms with E-state index in [2.05, 4.69) is 5.32 Å². The molecule has 96 valence electrons. The average molecular weight is 246 g/mol. The lowest BCUT2D eigenvalue weighted by molar-refractivity contribution is 0.407. The van der Waals surface area contributed by atoms with Gasteiger partial charge >= 0.3 is 0 Å². The number of aromatic hydroxyl groups is 1. The number of phenols is 1. The Hall–Kier alpha value is -1.78. The number of nitrogens with two attached hydrogens (primary N) is 1. The second-order valence-corrected chi connectivity index (χ2v) is 4.33. The summed E-state index contributed by atoms with van der Waals surface area (Å²) in [6, 6.07) is 10.7. The van der Waals surface area contributed by atoms with Crippen LogP contribution in [0, 0.1) is 0 Å². The molecule has 18 heavy (non-hydrogen) atoms. The van der Waals surface area contributed by atoms with Gasteiger partial charge in [-0.1, -0.05) is 18.2 Å². The van der Waals surface area contributed by atoms with Crippen molar-refractivity contribution in [2.24, 2.45) is 5.73 Å². The first-order valence-electron chi connectivity index (χ1n) is 5.97. The molecule has 0 bridgehead atoms. The molecular weight excluding hydrogens is 228 g/mol. The maximum absolute atomic E-state index is 9.76. The van der Waals surface area contributed by atoms with Gasteiger partial charge in [0.1, 0.15) is 11.5 Å². The fraction of sp³-hybridized carbons (Fsp3) is 0.286. The molecule has 4 heteroatoms. The SMILES string of the molecule is CC(NCc1ccco1)C(N)c1ccccc1O. The zero-order chi connectivity index (χ0) is 13.0. The fourth-order valence-corrected chi connectivity index (χ4v) is 1.84. The molecular formula is C14H18N2O2. The summed E-state index contributed by atoms with van der Waals surface area (Å²) in [4.78, 5) is 0. The summed E-state index contributed by atoms with van der Waals surface area (Å²) >= 11 is 0. The summed E-state index contributed by atoms with van der Waals surface area (Å²) in [5.74, 6) is 1.10. The van der Waals surface area contributed by atoms with E-state index in [9.17, 15) is 5.11 Å². The fourth-order valence-electron chi connectivity index (χ4n) is 1.84. The Morgan fingerprint density at radius 1 is 1.28 bits per heavy atom. The number of para-hydroxylation sites is 1. The largest absolute Gasteiger partial charge is 0.508 e. The van der Waals surface area contributed by atoms with Crippen LogP contribution in [-0.4, -0.2) is 11.1 Å². The highest BCUT2D eigenvalue weighted by atomic mass is 16.3. The lowest BCUT2D eigenvalue weighted by Gasteiger charge is -2.22. The van der Waals surface area contributed by atoms with E-state index in [1.807, 2.05) is 31.2 Å². The molecule has 0 aliphatic heterocycles. The van der Waals surface area contributed by atoms with Crippen molar-refractivity contribution in [3.05, 3.63) is 54.0 Å². The lowest BCUT2D eigenvalue weighted by atomic mass is 10.0. The number of benzene rings is 1. The minimum atomic E-state index is -0.263. The Labute approximate surface area is 106 Å². The molecule has 2 unspecified atom stereocenters. The van der Waals surface area contributed by atoms with Crippen LogP contribution in [0.2, 0.25) is 0 Å². The first-order chi connectivity index (χ1) is 8.68. The van der Waals surface area contributed by atoms with Crippen LogP contribution in [0.1, 0.15) is 24.3 Å². The molecule has 2 aromatic rings. The van der Waals surface area contributed by atoms with Gasteiger partial charge in [-0.25, -0.2) is 0 Å². The maximum Gasteiger partial charge on any atom is 0.120 e. The molecule has 0 fully saturated rings. The van der Waals surface area contributed by atoms with Crippen LogP contribution in [0.4, 0.5) is 0 Å². The van der Waals surface area contributed by atoms with Crippen LogP contribution >= 0.6 is 0 Å². The smallest absolute Gasteiger partial charge is 0.120 e. The van der Waals surface area contributed by atoms with E-state index in [-0.39, 0.29) is 17.8 Å². The summed E-state index contributed by atoms with van der Waals surface area (Å²) in [5.41, 5.74) is 6.87. The quantitative estimate of drug-likeness (QED) is 0.756. The van der Waals surface area contributed by atoms with Gasteiger partial charge < -0.3 is 20.6 Å². The first-order valence-corrected chi connectivity index (χ1v) is 5.97. The number of nitrogens with one attached hydrogen (secondary N) is 1. The van der Waals surface area contributed by atoms with Crippen molar-refractivity contribution >= 4 is 0 Å². The molecule has 0 aliphatic carbocycles. The molecule has 1 aromatic heterocycles. The highest BCUT2D eigenvalue weighted by Gasteiger charge is 2.17. The minimum Gasteiger partial charge on any atom is -0.508 e. The number of phenolic OH excluding ortho intramolecular Hbond substituents is 1. The third kappa shape index (κ3) is 2.91. The summed E-state index contributed by atoms with van der Waals surface area (Å²) in [6.07, 6.45) is 1.64. The van der Waals surface area contributed by atoms with Crippen molar-refractivity contribution in [2.75, 3.05) is 0 Å². The van der Waals surface area contributed by atoms with Gasteiger partial charge in [-0.3, -0.25) is 0 Å². The van der Waals surface area contributed by atoms with Gasteiger partial charge in [0.25, 0.3) is 0 Å². The Morgan fingerprint density at radius 3 is 2.72 bits per heavy atom.